The molecule has 0 aliphatic carbocycles. The fourth-order valence-corrected chi connectivity index (χ4v) is 4.38. The van der Waals surface area contributed by atoms with Crippen LogP contribution in [0.4, 0.5) is 0 Å². The van der Waals surface area contributed by atoms with Crippen molar-refractivity contribution in [3.05, 3.63) is 0 Å². The van der Waals surface area contributed by atoms with Gasteiger partial charge in [0.2, 0.25) is 0 Å². The Hall–Kier alpha value is -1.07. The second-order valence-corrected chi connectivity index (χ2v) is 12.0. The summed E-state index contributed by atoms with van der Waals surface area (Å²) < 4.78 is 26.0. The number of phosphoric ester groups is 1. The summed E-state index contributed by atoms with van der Waals surface area (Å²) in [5.41, 5.74) is 0. The van der Waals surface area contributed by atoms with Crippen LogP contribution in [-0.2, 0) is 28.2 Å². The van der Waals surface area contributed by atoms with E-state index in [1.54, 1.807) is 0 Å². The average molecular weight is 629 g/mol. The maximum atomic E-state index is 12.2. The van der Waals surface area contributed by atoms with E-state index < -0.39 is 38.6 Å². The van der Waals surface area contributed by atoms with Crippen LogP contribution >= 0.6 is 7.82 Å². The van der Waals surface area contributed by atoms with Crippen molar-refractivity contribution in [3.8, 4) is 0 Å². The molecule has 0 radical (unpaired) electrons. The molecule has 1 atom stereocenters. The first-order chi connectivity index (χ1) is 20.1. The molecular weight excluding hydrogens is 567 g/mol. The Morgan fingerprint density at radius 1 is 0.619 bits per heavy atom. The van der Waals surface area contributed by atoms with Crippen molar-refractivity contribution in [2.75, 3.05) is 26.4 Å². The number of unbranched alkanes of at least 4 members (excludes halogenated alkanes) is 16. The number of phosphoric acid groups is 1. The zero-order valence-electron chi connectivity index (χ0n) is 26.3. The first-order valence-electron chi connectivity index (χ1n) is 16.0. The summed E-state index contributed by atoms with van der Waals surface area (Å²) in [5, 5.41) is 24.0. The van der Waals surface area contributed by atoms with E-state index in [0.717, 1.165) is 38.5 Å². The third-order valence-electron chi connectivity index (χ3n) is 6.55. The molecule has 0 spiro atoms. The molecule has 0 aromatic heterocycles. The van der Waals surface area contributed by atoms with Crippen LogP contribution in [0.1, 0.15) is 142 Å². The van der Waals surface area contributed by atoms with Crippen molar-refractivity contribution in [3.63, 3.8) is 0 Å². The van der Waals surface area contributed by atoms with Gasteiger partial charge in [0, 0.05) is 12.8 Å². The standard InChI is InChI=1S/C27H53O8P.C3H8O3/c1-3-5-7-9-11-13-15-17-19-21-26(28)33-23-25(24-34-36(30,31)32)35-27(29)22-20-18-16-14-12-10-8-6-4-2;4-1-3(6)2-5/h25H,3-24H2,1-2H3,(H2,30,31,32);3-6H,1-2H2/t25-;/m1./s1. The zero-order valence-corrected chi connectivity index (χ0v) is 27.2. The number of hydrogen-bond donors (Lipinski definition) is 5. The zero-order chi connectivity index (χ0) is 31.9. The van der Waals surface area contributed by atoms with Crippen molar-refractivity contribution in [1.82, 2.24) is 0 Å². The molecule has 0 aromatic carbocycles. The van der Waals surface area contributed by atoms with Gasteiger partial charge in [0.15, 0.2) is 6.10 Å². The Labute approximate surface area is 254 Å². The highest BCUT2D eigenvalue weighted by Crippen LogP contribution is 2.35. The summed E-state index contributed by atoms with van der Waals surface area (Å²) in [5.74, 6) is -0.888. The Morgan fingerprint density at radius 3 is 1.36 bits per heavy atom. The lowest BCUT2D eigenvalue weighted by Crippen LogP contribution is -2.29. The second kappa shape index (κ2) is 31.4. The van der Waals surface area contributed by atoms with E-state index in [2.05, 4.69) is 18.4 Å². The van der Waals surface area contributed by atoms with Crippen molar-refractivity contribution >= 4 is 19.8 Å². The van der Waals surface area contributed by atoms with Crippen LogP contribution in [0, 0.1) is 0 Å². The van der Waals surface area contributed by atoms with E-state index in [1.165, 1.54) is 70.6 Å². The lowest BCUT2D eigenvalue weighted by molar-refractivity contribution is -0.161. The molecule has 0 heterocycles. The number of carbonyl (C=O) groups excluding carboxylic acids is 2. The number of rotatable bonds is 28. The molecule has 0 aliphatic rings. The smallest absolute Gasteiger partial charge is 0.462 e. The lowest BCUT2D eigenvalue weighted by Gasteiger charge is -2.18. The molecule has 0 bridgehead atoms. The first-order valence-corrected chi connectivity index (χ1v) is 17.6. The third kappa shape index (κ3) is 35.1. The molecule has 0 saturated carbocycles. The maximum Gasteiger partial charge on any atom is 0.469 e. The molecule has 42 heavy (non-hydrogen) atoms. The number of hydrogen-bond acceptors (Lipinski definition) is 9. The van der Waals surface area contributed by atoms with E-state index in [9.17, 15) is 14.2 Å². The average Bonchev–Trinajstić information content (AvgIpc) is 2.96. The molecule has 12 heteroatoms. The Kier molecular flexibility index (Phi) is 32.1. The van der Waals surface area contributed by atoms with E-state index in [0.29, 0.717) is 6.42 Å². The number of esters is 2. The minimum atomic E-state index is -4.72. The van der Waals surface area contributed by atoms with Gasteiger partial charge in [-0.05, 0) is 12.8 Å². The molecule has 0 amide bonds. The molecule has 0 unspecified atom stereocenters. The van der Waals surface area contributed by atoms with Gasteiger partial charge in [0.05, 0.1) is 19.8 Å². The number of carbonyl (C=O) groups is 2. The molecule has 0 fully saturated rings. The lowest BCUT2D eigenvalue weighted by atomic mass is 10.1. The van der Waals surface area contributed by atoms with Crippen molar-refractivity contribution in [2.24, 2.45) is 0 Å². The summed E-state index contributed by atoms with van der Waals surface area (Å²) in [4.78, 5) is 42.1. The number of ether oxygens (including phenoxy) is 2. The predicted octanol–water partition coefficient (Wildman–Crippen LogP) is 5.72. The van der Waals surface area contributed by atoms with Crippen LogP contribution in [0.5, 0.6) is 0 Å². The van der Waals surface area contributed by atoms with Crippen LogP contribution in [0.2, 0.25) is 0 Å². The van der Waals surface area contributed by atoms with Gasteiger partial charge in [-0.3, -0.25) is 14.1 Å². The molecule has 5 N–H and O–H groups in total. The quantitative estimate of drug-likeness (QED) is 0.0406. The van der Waals surface area contributed by atoms with Gasteiger partial charge in [-0.15, -0.1) is 0 Å². The van der Waals surface area contributed by atoms with Gasteiger partial charge >= 0.3 is 19.8 Å². The summed E-state index contributed by atoms with van der Waals surface area (Å²) in [6.45, 7) is 2.87. The van der Waals surface area contributed by atoms with Crippen LogP contribution in [0.25, 0.3) is 0 Å². The van der Waals surface area contributed by atoms with Gasteiger partial charge in [-0.1, -0.05) is 117 Å². The largest absolute Gasteiger partial charge is 0.469 e. The second-order valence-electron chi connectivity index (χ2n) is 10.8. The Bertz CT molecular complexity index is 653. The van der Waals surface area contributed by atoms with Gasteiger partial charge < -0.3 is 34.6 Å². The highest BCUT2D eigenvalue weighted by Gasteiger charge is 2.22. The Balaban J connectivity index is 0. The summed E-state index contributed by atoms with van der Waals surface area (Å²) in [6, 6.07) is 0. The minimum absolute atomic E-state index is 0.217. The van der Waals surface area contributed by atoms with Crippen LogP contribution in [0.3, 0.4) is 0 Å². The molecule has 0 aliphatic heterocycles. The highest BCUT2D eigenvalue weighted by atomic mass is 31.2. The predicted molar refractivity (Wildman–Crippen MR) is 163 cm³/mol. The third-order valence-corrected chi connectivity index (χ3v) is 7.03. The fourth-order valence-electron chi connectivity index (χ4n) is 4.02. The van der Waals surface area contributed by atoms with Gasteiger partial charge in [0.1, 0.15) is 12.7 Å². The van der Waals surface area contributed by atoms with Crippen molar-refractivity contribution < 1.29 is 53.3 Å². The fraction of sp³-hybridized carbons (Fsp3) is 0.933. The maximum absolute atomic E-state index is 12.2. The van der Waals surface area contributed by atoms with Crippen molar-refractivity contribution in [1.29, 1.82) is 0 Å². The normalized spacial score (nSPS) is 12.1. The molecule has 11 nitrogen and oxygen atoms in total. The minimum Gasteiger partial charge on any atom is -0.462 e. The van der Waals surface area contributed by atoms with E-state index in [4.69, 9.17) is 34.6 Å². The van der Waals surface area contributed by atoms with Crippen LogP contribution < -0.4 is 0 Å². The van der Waals surface area contributed by atoms with E-state index in [1.807, 2.05) is 0 Å². The highest BCUT2D eigenvalue weighted by molar-refractivity contribution is 7.46. The first kappa shape index (κ1) is 43.1. The van der Waals surface area contributed by atoms with Gasteiger partial charge in [-0.25, -0.2) is 4.57 Å². The number of aliphatic hydroxyl groups excluding tert-OH is 3. The molecular formula is C30H61O11P. The SMILES string of the molecule is CCCCCCCCCCCC(=O)OC[C@H](COP(=O)(O)O)OC(=O)CCCCCCCCCCC.OCC(O)CO. The monoisotopic (exact) mass is 628 g/mol. The Morgan fingerprint density at radius 2 is 1.00 bits per heavy atom. The van der Waals surface area contributed by atoms with Gasteiger partial charge in [0.25, 0.3) is 0 Å². The van der Waals surface area contributed by atoms with E-state index in [-0.39, 0.29) is 32.7 Å². The van der Waals surface area contributed by atoms with Crippen LogP contribution in [-0.4, -0.2) is 75.7 Å². The molecule has 0 aromatic rings. The topological polar surface area (TPSA) is 180 Å². The molecule has 0 saturated heterocycles. The van der Waals surface area contributed by atoms with E-state index >= 15 is 0 Å². The van der Waals surface area contributed by atoms with Crippen LogP contribution in [0.15, 0.2) is 0 Å². The van der Waals surface area contributed by atoms with Crippen molar-refractivity contribution in [2.45, 2.75) is 154 Å². The molecule has 252 valence electrons. The molecule has 0 rings (SSSR count). The summed E-state index contributed by atoms with van der Waals surface area (Å²) in [7, 11) is -4.72. The summed E-state index contributed by atoms with van der Waals surface area (Å²) in [6.07, 6.45) is 18.9. The summed E-state index contributed by atoms with van der Waals surface area (Å²) >= 11 is 0. The number of aliphatic hydroxyl groups is 3. The van der Waals surface area contributed by atoms with Gasteiger partial charge in [-0.2, -0.15) is 0 Å².